The number of nitrogens with one attached hydrogen (secondary N) is 1. The van der Waals surface area contributed by atoms with Gasteiger partial charge in [-0.1, -0.05) is 35.5 Å². The minimum absolute atomic E-state index is 0.215. The minimum Gasteiger partial charge on any atom is -0.480 e. The summed E-state index contributed by atoms with van der Waals surface area (Å²) in [5.41, 5.74) is 1.08. The van der Waals surface area contributed by atoms with E-state index in [-0.39, 0.29) is 12.0 Å². The quantitative estimate of drug-likeness (QED) is 0.860. The fraction of sp³-hybridized carbons (Fsp3) is 0.214. The van der Waals surface area contributed by atoms with E-state index in [1.807, 2.05) is 30.3 Å². The SMILES string of the molecule is Cc1oncc1C(=O)N[C@@H](Cc1ccccc1)C(=O)O. The second-order valence-electron chi connectivity index (χ2n) is 4.35. The van der Waals surface area contributed by atoms with Gasteiger partial charge in [0.2, 0.25) is 0 Å². The van der Waals surface area contributed by atoms with Gasteiger partial charge in [0.25, 0.3) is 5.91 Å². The Morgan fingerprint density at radius 2 is 2.05 bits per heavy atom. The molecular weight excluding hydrogens is 260 g/mol. The summed E-state index contributed by atoms with van der Waals surface area (Å²) >= 11 is 0. The molecule has 0 aliphatic heterocycles. The van der Waals surface area contributed by atoms with Gasteiger partial charge in [-0.05, 0) is 12.5 Å². The molecule has 2 rings (SSSR count). The number of hydrogen-bond donors (Lipinski definition) is 2. The topological polar surface area (TPSA) is 92.4 Å². The maximum Gasteiger partial charge on any atom is 0.326 e. The third-order valence-electron chi connectivity index (χ3n) is 2.88. The van der Waals surface area contributed by atoms with E-state index in [1.165, 1.54) is 6.20 Å². The molecule has 1 heterocycles. The molecule has 0 aliphatic carbocycles. The Hall–Kier alpha value is -2.63. The lowest BCUT2D eigenvalue weighted by Gasteiger charge is -2.14. The third-order valence-corrected chi connectivity index (χ3v) is 2.88. The van der Waals surface area contributed by atoms with E-state index in [9.17, 15) is 14.7 Å². The Kier molecular flexibility index (Phi) is 4.14. The highest BCUT2D eigenvalue weighted by atomic mass is 16.5. The zero-order valence-corrected chi connectivity index (χ0v) is 10.9. The summed E-state index contributed by atoms with van der Waals surface area (Å²) in [6, 6.07) is 8.11. The highest BCUT2D eigenvalue weighted by Gasteiger charge is 2.23. The second-order valence-corrected chi connectivity index (χ2v) is 4.35. The number of carbonyl (C=O) groups is 2. The maximum atomic E-state index is 12.0. The van der Waals surface area contributed by atoms with Gasteiger partial charge < -0.3 is 14.9 Å². The normalized spacial score (nSPS) is 11.8. The van der Waals surface area contributed by atoms with Crippen LogP contribution in [0.5, 0.6) is 0 Å². The molecule has 0 saturated heterocycles. The molecule has 0 spiro atoms. The molecule has 104 valence electrons. The van der Waals surface area contributed by atoms with Gasteiger partial charge in [-0.2, -0.15) is 0 Å². The Labute approximate surface area is 115 Å². The fourth-order valence-electron chi connectivity index (χ4n) is 1.80. The van der Waals surface area contributed by atoms with Crippen LogP contribution in [0.4, 0.5) is 0 Å². The average Bonchev–Trinajstić information content (AvgIpc) is 2.85. The second kappa shape index (κ2) is 6.01. The van der Waals surface area contributed by atoms with Crippen molar-refractivity contribution in [1.29, 1.82) is 0 Å². The minimum atomic E-state index is -1.09. The van der Waals surface area contributed by atoms with Crippen molar-refractivity contribution in [2.24, 2.45) is 0 Å². The number of benzene rings is 1. The zero-order chi connectivity index (χ0) is 14.5. The predicted molar refractivity (Wildman–Crippen MR) is 70.3 cm³/mol. The first kappa shape index (κ1) is 13.8. The average molecular weight is 274 g/mol. The van der Waals surface area contributed by atoms with E-state index in [1.54, 1.807) is 6.92 Å². The molecule has 1 amide bonds. The third kappa shape index (κ3) is 3.23. The summed E-state index contributed by atoms with van der Waals surface area (Å²) in [5, 5.41) is 15.2. The molecule has 1 atom stereocenters. The predicted octanol–water partition coefficient (Wildman–Crippen LogP) is 1.41. The van der Waals surface area contributed by atoms with Crippen molar-refractivity contribution in [1.82, 2.24) is 10.5 Å². The van der Waals surface area contributed by atoms with Gasteiger partial charge in [0, 0.05) is 6.42 Å². The first-order chi connectivity index (χ1) is 9.58. The van der Waals surface area contributed by atoms with E-state index in [0.717, 1.165) is 5.56 Å². The lowest BCUT2D eigenvalue weighted by Crippen LogP contribution is -2.42. The fourth-order valence-corrected chi connectivity index (χ4v) is 1.80. The summed E-state index contributed by atoms with van der Waals surface area (Å²) in [6.07, 6.45) is 1.48. The van der Waals surface area contributed by atoms with Crippen LogP contribution < -0.4 is 5.32 Å². The highest BCUT2D eigenvalue weighted by molar-refractivity contribution is 5.97. The van der Waals surface area contributed by atoms with Crippen LogP contribution in [0.1, 0.15) is 21.7 Å². The van der Waals surface area contributed by atoms with Crippen LogP contribution in [0.25, 0.3) is 0 Å². The number of aliphatic carboxylic acids is 1. The van der Waals surface area contributed by atoms with Crippen LogP contribution in [0, 0.1) is 6.92 Å². The van der Waals surface area contributed by atoms with E-state index < -0.39 is 17.9 Å². The van der Waals surface area contributed by atoms with Crippen LogP contribution in [0.15, 0.2) is 41.1 Å². The van der Waals surface area contributed by atoms with Crippen molar-refractivity contribution >= 4 is 11.9 Å². The van der Waals surface area contributed by atoms with Gasteiger partial charge in [0.1, 0.15) is 17.4 Å². The molecule has 0 bridgehead atoms. The van der Waals surface area contributed by atoms with Crippen molar-refractivity contribution in [2.45, 2.75) is 19.4 Å². The lowest BCUT2D eigenvalue weighted by molar-refractivity contribution is -0.139. The van der Waals surface area contributed by atoms with Crippen LogP contribution in [-0.4, -0.2) is 28.2 Å². The number of carboxylic acids is 1. The van der Waals surface area contributed by atoms with Crippen LogP contribution in [0.2, 0.25) is 0 Å². The maximum absolute atomic E-state index is 12.0. The molecule has 2 N–H and O–H groups in total. The molecule has 0 saturated carbocycles. The summed E-state index contributed by atoms with van der Waals surface area (Å²) in [4.78, 5) is 23.2. The van der Waals surface area contributed by atoms with E-state index in [2.05, 4.69) is 10.5 Å². The number of hydrogen-bond acceptors (Lipinski definition) is 4. The lowest BCUT2D eigenvalue weighted by atomic mass is 10.1. The molecule has 0 radical (unpaired) electrons. The van der Waals surface area contributed by atoms with Crippen molar-refractivity contribution in [3.8, 4) is 0 Å². The molecule has 0 fully saturated rings. The summed E-state index contributed by atoms with van der Waals surface area (Å²) in [6.45, 7) is 1.59. The highest BCUT2D eigenvalue weighted by Crippen LogP contribution is 2.08. The van der Waals surface area contributed by atoms with Crippen molar-refractivity contribution < 1.29 is 19.2 Å². The molecular formula is C14H14N2O4. The van der Waals surface area contributed by atoms with Gasteiger partial charge in [0.05, 0.1) is 6.20 Å². The molecule has 6 nitrogen and oxygen atoms in total. The largest absolute Gasteiger partial charge is 0.480 e. The summed E-state index contributed by atoms with van der Waals surface area (Å²) in [7, 11) is 0. The number of rotatable bonds is 5. The number of aromatic nitrogens is 1. The smallest absolute Gasteiger partial charge is 0.326 e. The van der Waals surface area contributed by atoms with Gasteiger partial charge in [-0.25, -0.2) is 4.79 Å². The monoisotopic (exact) mass is 274 g/mol. The van der Waals surface area contributed by atoms with Crippen molar-refractivity contribution in [3.63, 3.8) is 0 Å². The summed E-state index contributed by atoms with van der Waals surface area (Å²) in [5.74, 6) is -1.24. The number of amides is 1. The van der Waals surface area contributed by atoms with Crippen molar-refractivity contribution in [3.05, 3.63) is 53.4 Å². The van der Waals surface area contributed by atoms with E-state index in [0.29, 0.717) is 5.76 Å². The van der Waals surface area contributed by atoms with Gasteiger partial charge >= 0.3 is 5.97 Å². The molecule has 0 unspecified atom stereocenters. The Morgan fingerprint density at radius 1 is 1.35 bits per heavy atom. The van der Waals surface area contributed by atoms with E-state index >= 15 is 0 Å². The van der Waals surface area contributed by atoms with Gasteiger partial charge in [-0.15, -0.1) is 0 Å². The standard InChI is InChI=1S/C14H14N2O4/c1-9-11(8-15-20-9)13(17)16-12(14(18)19)7-10-5-3-2-4-6-10/h2-6,8,12H,7H2,1H3,(H,16,17)(H,18,19)/t12-/m0/s1. The Balaban J connectivity index is 2.09. The molecule has 6 heteroatoms. The molecule has 0 aliphatic rings. The zero-order valence-electron chi connectivity index (χ0n) is 10.9. The Morgan fingerprint density at radius 3 is 2.60 bits per heavy atom. The molecule has 1 aromatic heterocycles. The van der Waals surface area contributed by atoms with Crippen LogP contribution >= 0.6 is 0 Å². The van der Waals surface area contributed by atoms with Crippen molar-refractivity contribution in [2.75, 3.05) is 0 Å². The number of nitrogens with zero attached hydrogens (tertiary/aromatic N) is 1. The first-order valence-electron chi connectivity index (χ1n) is 6.07. The molecule has 1 aromatic carbocycles. The van der Waals surface area contributed by atoms with Crippen LogP contribution in [-0.2, 0) is 11.2 Å². The number of aryl methyl sites for hydroxylation is 1. The van der Waals surface area contributed by atoms with Crippen LogP contribution in [0.3, 0.4) is 0 Å². The summed E-state index contributed by atoms with van der Waals surface area (Å²) < 4.78 is 4.79. The Bertz CT molecular complexity index is 607. The number of carboxylic acid groups (broad SMARTS) is 1. The number of carbonyl (C=O) groups excluding carboxylic acids is 1. The van der Waals surface area contributed by atoms with Gasteiger partial charge in [-0.3, -0.25) is 4.79 Å². The molecule has 2 aromatic rings. The van der Waals surface area contributed by atoms with E-state index in [4.69, 9.17) is 4.52 Å². The first-order valence-corrected chi connectivity index (χ1v) is 6.07. The van der Waals surface area contributed by atoms with Gasteiger partial charge in [0.15, 0.2) is 0 Å². The molecule has 20 heavy (non-hydrogen) atoms.